The van der Waals surface area contributed by atoms with Crippen LogP contribution in [0, 0.1) is 12.7 Å². The number of benzene rings is 2. The van der Waals surface area contributed by atoms with Gasteiger partial charge in [0.25, 0.3) is 5.91 Å². The smallest absolute Gasteiger partial charge is 0.262 e. The maximum atomic E-state index is 12.9. The Labute approximate surface area is 116 Å². The van der Waals surface area contributed by atoms with Crippen LogP contribution in [0.1, 0.15) is 5.56 Å². The monoisotopic (exact) mass is 274 g/mol. The van der Waals surface area contributed by atoms with E-state index in [0.717, 1.165) is 17.3 Å². The standard InChI is InChI=1S/C15H15FN2O2/c1-10-4-2-3-5-13(10)18-15(19)9-20-14-7-6-11(16)8-12(14)17/h2-8H,9,17H2,1H3,(H,18,19). The van der Waals surface area contributed by atoms with Crippen molar-refractivity contribution in [2.45, 2.75) is 6.92 Å². The first-order chi connectivity index (χ1) is 9.56. The molecule has 0 unspecified atom stereocenters. The lowest BCUT2D eigenvalue weighted by atomic mass is 10.2. The second kappa shape index (κ2) is 6.06. The van der Waals surface area contributed by atoms with Crippen molar-refractivity contribution in [2.75, 3.05) is 17.7 Å². The number of hydrogen-bond donors (Lipinski definition) is 2. The number of halogens is 1. The number of rotatable bonds is 4. The molecule has 2 aromatic carbocycles. The molecule has 3 N–H and O–H groups in total. The molecular weight excluding hydrogens is 259 g/mol. The van der Waals surface area contributed by atoms with Gasteiger partial charge in [-0.05, 0) is 30.7 Å². The van der Waals surface area contributed by atoms with Crippen LogP contribution in [0.5, 0.6) is 5.75 Å². The molecule has 0 radical (unpaired) electrons. The van der Waals surface area contributed by atoms with Gasteiger partial charge in [-0.2, -0.15) is 0 Å². The number of hydrogen-bond acceptors (Lipinski definition) is 3. The Hall–Kier alpha value is -2.56. The van der Waals surface area contributed by atoms with Gasteiger partial charge >= 0.3 is 0 Å². The molecule has 2 aromatic rings. The molecular formula is C15H15FN2O2. The highest BCUT2D eigenvalue weighted by Crippen LogP contribution is 2.21. The molecule has 0 fully saturated rings. The number of aryl methyl sites for hydroxylation is 1. The van der Waals surface area contributed by atoms with Crippen LogP contribution in [-0.2, 0) is 4.79 Å². The van der Waals surface area contributed by atoms with Gasteiger partial charge in [0.1, 0.15) is 11.6 Å². The minimum atomic E-state index is -0.445. The molecule has 20 heavy (non-hydrogen) atoms. The molecule has 2 rings (SSSR count). The minimum Gasteiger partial charge on any atom is -0.482 e. The molecule has 0 aliphatic carbocycles. The van der Waals surface area contributed by atoms with Crippen molar-refractivity contribution in [3.63, 3.8) is 0 Å². The zero-order valence-electron chi connectivity index (χ0n) is 11.0. The zero-order chi connectivity index (χ0) is 14.5. The van der Waals surface area contributed by atoms with Gasteiger partial charge in [0.15, 0.2) is 6.61 Å². The summed E-state index contributed by atoms with van der Waals surface area (Å²) in [6.07, 6.45) is 0. The third kappa shape index (κ3) is 3.47. The Balaban J connectivity index is 1.94. The summed E-state index contributed by atoms with van der Waals surface area (Å²) in [6.45, 7) is 1.71. The van der Waals surface area contributed by atoms with E-state index in [1.165, 1.54) is 12.1 Å². The van der Waals surface area contributed by atoms with E-state index in [9.17, 15) is 9.18 Å². The first-order valence-electron chi connectivity index (χ1n) is 6.09. The lowest BCUT2D eigenvalue weighted by Crippen LogP contribution is -2.20. The number of nitrogen functional groups attached to an aromatic ring is 1. The molecule has 0 saturated carbocycles. The highest BCUT2D eigenvalue weighted by atomic mass is 19.1. The van der Waals surface area contributed by atoms with Crippen LogP contribution in [0.3, 0.4) is 0 Å². The van der Waals surface area contributed by atoms with Crippen molar-refractivity contribution in [2.24, 2.45) is 0 Å². The molecule has 0 saturated heterocycles. The molecule has 0 bridgehead atoms. The number of carbonyl (C=O) groups excluding carboxylic acids is 1. The molecule has 4 nitrogen and oxygen atoms in total. The average Bonchev–Trinajstić information content (AvgIpc) is 2.40. The van der Waals surface area contributed by atoms with Crippen molar-refractivity contribution < 1.29 is 13.9 Å². The highest BCUT2D eigenvalue weighted by molar-refractivity contribution is 5.92. The Kier molecular flexibility index (Phi) is 4.20. The quantitative estimate of drug-likeness (QED) is 0.842. The summed E-state index contributed by atoms with van der Waals surface area (Å²) in [5, 5.41) is 2.73. The molecule has 0 aromatic heterocycles. The van der Waals surface area contributed by atoms with Crippen LogP contribution in [0.15, 0.2) is 42.5 Å². The summed E-state index contributed by atoms with van der Waals surface area (Å²) in [5.74, 6) is -0.464. The zero-order valence-corrected chi connectivity index (χ0v) is 11.0. The summed E-state index contributed by atoms with van der Waals surface area (Å²) in [6, 6.07) is 11.2. The van der Waals surface area contributed by atoms with Crippen molar-refractivity contribution in [1.82, 2.24) is 0 Å². The number of nitrogens with two attached hydrogens (primary N) is 1. The number of nitrogens with one attached hydrogen (secondary N) is 1. The second-order valence-corrected chi connectivity index (χ2v) is 4.33. The Morgan fingerprint density at radius 2 is 2.05 bits per heavy atom. The number of anilines is 2. The normalized spacial score (nSPS) is 10.1. The first-order valence-corrected chi connectivity index (χ1v) is 6.09. The fourth-order valence-corrected chi connectivity index (χ4v) is 1.69. The third-order valence-electron chi connectivity index (χ3n) is 2.75. The largest absolute Gasteiger partial charge is 0.482 e. The maximum Gasteiger partial charge on any atom is 0.262 e. The van der Waals surface area contributed by atoms with Gasteiger partial charge in [0, 0.05) is 11.8 Å². The Bertz CT molecular complexity index is 629. The number of carbonyl (C=O) groups is 1. The van der Waals surface area contributed by atoms with Crippen molar-refractivity contribution >= 4 is 17.3 Å². The fraction of sp³-hybridized carbons (Fsp3) is 0.133. The highest BCUT2D eigenvalue weighted by Gasteiger charge is 2.07. The molecule has 0 atom stereocenters. The van der Waals surface area contributed by atoms with E-state index in [4.69, 9.17) is 10.5 Å². The molecule has 0 spiro atoms. The predicted octanol–water partition coefficient (Wildman–Crippen LogP) is 2.73. The van der Waals surface area contributed by atoms with Gasteiger partial charge in [-0.25, -0.2) is 4.39 Å². The van der Waals surface area contributed by atoms with Crippen LogP contribution in [0.2, 0.25) is 0 Å². The van der Waals surface area contributed by atoms with Gasteiger partial charge in [-0.1, -0.05) is 18.2 Å². The van der Waals surface area contributed by atoms with Gasteiger partial charge in [-0.3, -0.25) is 4.79 Å². The maximum absolute atomic E-state index is 12.9. The molecule has 0 aliphatic rings. The number of amides is 1. The molecule has 104 valence electrons. The summed E-state index contributed by atoms with van der Waals surface area (Å²) >= 11 is 0. The lowest BCUT2D eigenvalue weighted by Gasteiger charge is -2.10. The minimum absolute atomic E-state index is 0.161. The van der Waals surface area contributed by atoms with Gasteiger partial charge < -0.3 is 15.8 Å². The fourth-order valence-electron chi connectivity index (χ4n) is 1.69. The number of ether oxygens (including phenoxy) is 1. The molecule has 0 heterocycles. The predicted molar refractivity (Wildman–Crippen MR) is 76.1 cm³/mol. The average molecular weight is 274 g/mol. The summed E-state index contributed by atoms with van der Waals surface area (Å²) in [4.78, 5) is 11.8. The van der Waals surface area contributed by atoms with E-state index in [0.29, 0.717) is 0 Å². The van der Waals surface area contributed by atoms with Gasteiger partial charge in [0.2, 0.25) is 0 Å². The first kappa shape index (κ1) is 13.9. The van der Waals surface area contributed by atoms with E-state index in [2.05, 4.69) is 5.32 Å². The van der Waals surface area contributed by atoms with E-state index >= 15 is 0 Å². The van der Waals surface area contributed by atoms with E-state index in [1.54, 1.807) is 6.07 Å². The van der Waals surface area contributed by atoms with E-state index in [1.807, 2.05) is 25.1 Å². The van der Waals surface area contributed by atoms with Crippen LogP contribution in [0.25, 0.3) is 0 Å². The van der Waals surface area contributed by atoms with Gasteiger partial charge in [0.05, 0.1) is 5.69 Å². The SMILES string of the molecule is Cc1ccccc1NC(=O)COc1ccc(F)cc1N. The van der Waals surface area contributed by atoms with Crippen LogP contribution < -0.4 is 15.8 Å². The van der Waals surface area contributed by atoms with Crippen molar-refractivity contribution in [3.8, 4) is 5.75 Å². The topological polar surface area (TPSA) is 64.3 Å². The van der Waals surface area contributed by atoms with Crippen molar-refractivity contribution in [3.05, 3.63) is 53.8 Å². The van der Waals surface area contributed by atoms with Crippen molar-refractivity contribution in [1.29, 1.82) is 0 Å². The van der Waals surface area contributed by atoms with Gasteiger partial charge in [-0.15, -0.1) is 0 Å². The van der Waals surface area contributed by atoms with Crippen LogP contribution >= 0.6 is 0 Å². The summed E-state index contributed by atoms with van der Waals surface area (Å²) in [7, 11) is 0. The second-order valence-electron chi connectivity index (χ2n) is 4.33. The van der Waals surface area contributed by atoms with Crippen LogP contribution in [0.4, 0.5) is 15.8 Å². The van der Waals surface area contributed by atoms with E-state index < -0.39 is 5.82 Å². The summed E-state index contributed by atoms with van der Waals surface area (Å²) in [5.41, 5.74) is 7.44. The third-order valence-corrected chi connectivity index (χ3v) is 2.75. The lowest BCUT2D eigenvalue weighted by molar-refractivity contribution is -0.118. The number of para-hydroxylation sites is 1. The van der Waals surface area contributed by atoms with E-state index in [-0.39, 0.29) is 24.0 Å². The molecule has 5 heteroatoms. The van der Waals surface area contributed by atoms with Crippen LogP contribution in [-0.4, -0.2) is 12.5 Å². The summed E-state index contributed by atoms with van der Waals surface area (Å²) < 4.78 is 18.1. The molecule has 0 aliphatic heterocycles. The molecule has 1 amide bonds. The Morgan fingerprint density at radius 1 is 1.30 bits per heavy atom. The Morgan fingerprint density at radius 3 is 2.75 bits per heavy atom.